The average molecular weight is 438 g/mol. The van der Waals surface area contributed by atoms with E-state index in [0.717, 1.165) is 25.2 Å². The molecule has 3 aromatic rings. The van der Waals surface area contributed by atoms with Crippen molar-refractivity contribution in [1.29, 1.82) is 0 Å². The van der Waals surface area contributed by atoms with Gasteiger partial charge >= 0.3 is 0 Å². The molecule has 0 spiro atoms. The van der Waals surface area contributed by atoms with E-state index in [1.54, 1.807) is 36.4 Å². The van der Waals surface area contributed by atoms with Crippen molar-refractivity contribution in [2.24, 2.45) is 0 Å². The molecule has 1 aliphatic rings. The Labute approximate surface area is 184 Å². The molecule has 0 radical (unpaired) electrons. The van der Waals surface area contributed by atoms with Gasteiger partial charge in [0.2, 0.25) is 0 Å². The number of benzene rings is 3. The third-order valence-electron chi connectivity index (χ3n) is 5.30. The number of para-hydroxylation sites is 4. The van der Waals surface area contributed by atoms with Crippen molar-refractivity contribution in [1.82, 2.24) is 4.90 Å². The van der Waals surface area contributed by atoms with Gasteiger partial charge in [-0.3, -0.25) is 0 Å². The predicted octanol–water partition coefficient (Wildman–Crippen LogP) is 4.71. The Morgan fingerprint density at radius 3 is 1.87 bits per heavy atom. The molecule has 162 valence electrons. The molecule has 0 amide bonds. The van der Waals surface area contributed by atoms with Crippen LogP contribution in [0.5, 0.6) is 11.5 Å². The number of ether oxygens (including phenoxy) is 1. The average Bonchev–Trinajstić information content (AvgIpc) is 2.77. The molecule has 0 N–H and O–H groups in total. The SMILES string of the molecule is CN(C)CCCN(C)c1ccc(S(=O)(=O)N2c3ccccc3Oc3ccccc32)cc1. The first kappa shape index (κ1) is 21.2. The summed E-state index contributed by atoms with van der Waals surface area (Å²) >= 11 is 0. The lowest BCUT2D eigenvalue weighted by Gasteiger charge is -2.31. The zero-order valence-corrected chi connectivity index (χ0v) is 18.8. The van der Waals surface area contributed by atoms with Crippen LogP contribution in [0.3, 0.4) is 0 Å². The van der Waals surface area contributed by atoms with Crippen LogP contribution in [0.4, 0.5) is 17.1 Å². The van der Waals surface area contributed by atoms with E-state index in [0.29, 0.717) is 22.9 Å². The molecule has 3 aromatic carbocycles. The van der Waals surface area contributed by atoms with Crippen LogP contribution in [-0.4, -0.2) is 47.6 Å². The van der Waals surface area contributed by atoms with Crippen molar-refractivity contribution in [2.45, 2.75) is 11.3 Å². The van der Waals surface area contributed by atoms with Gasteiger partial charge in [-0.1, -0.05) is 24.3 Å². The highest BCUT2D eigenvalue weighted by Crippen LogP contribution is 2.48. The first-order valence-corrected chi connectivity index (χ1v) is 11.7. The summed E-state index contributed by atoms with van der Waals surface area (Å²) in [5.74, 6) is 1.03. The normalized spacial score (nSPS) is 12.8. The summed E-state index contributed by atoms with van der Waals surface area (Å²) in [6.07, 6.45) is 1.03. The third-order valence-corrected chi connectivity index (χ3v) is 7.04. The molecule has 0 unspecified atom stereocenters. The molecule has 0 atom stereocenters. The monoisotopic (exact) mass is 437 g/mol. The van der Waals surface area contributed by atoms with Crippen LogP contribution in [0.25, 0.3) is 0 Å². The molecule has 0 fully saturated rings. The van der Waals surface area contributed by atoms with E-state index in [1.165, 1.54) is 4.31 Å². The largest absolute Gasteiger partial charge is 0.453 e. The molecular formula is C24H27N3O3S. The van der Waals surface area contributed by atoms with Gasteiger partial charge in [-0.2, -0.15) is 0 Å². The smallest absolute Gasteiger partial charge is 0.268 e. The van der Waals surface area contributed by atoms with Gasteiger partial charge in [-0.15, -0.1) is 0 Å². The van der Waals surface area contributed by atoms with Gasteiger partial charge < -0.3 is 14.5 Å². The zero-order valence-electron chi connectivity index (χ0n) is 18.0. The Morgan fingerprint density at radius 2 is 1.32 bits per heavy atom. The van der Waals surface area contributed by atoms with Crippen LogP contribution < -0.4 is 13.9 Å². The maximum atomic E-state index is 13.7. The minimum Gasteiger partial charge on any atom is -0.453 e. The van der Waals surface area contributed by atoms with Gasteiger partial charge in [0.15, 0.2) is 11.5 Å². The maximum Gasteiger partial charge on any atom is 0.268 e. The summed E-state index contributed by atoms with van der Waals surface area (Å²) in [5.41, 5.74) is 2.00. The molecule has 0 saturated carbocycles. The fourth-order valence-electron chi connectivity index (χ4n) is 3.66. The topological polar surface area (TPSA) is 53.1 Å². The molecule has 0 saturated heterocycles. The minimum absolute atomic E-state index is 0.240. The van der Waals surface area contributed by atoms with Crippen LogP contribution in [-0.2, 0) is 10.0 Å². The van der Waals surface area contributed by atoms with Crippen LogP contribution in [0.2, 0.25) is 0 Å². The van der Waals surface area contributed by atoms with Gasteiger partial charge in [0.05, 0.1) is 4.90 Å². The van der Waals surface area contributed by atoms with Crippen LogP contribution in [0.15, 0.2) is 77.7 Å². The van der Waals surface area contributed by atoms with Gasteiger partial charge in [0, 0.05) is 19.3 Å². The standard InChI is InChI=1S/C24H27N3O3S/c1-25(2)17-8-18-26(3)19-13-15-20(16-14-19)31(28,29)27-21-9-4-6-11-23(21)30-24-12-7-5-10-22(24)27/h4-7,9-16H,8,17-18H2,1-3H3. The lowest BCUT2D eigenvalue weighted by atomic mass is 10.2. The second kappa shape index (κ2) is 8.61. The number of hydrogen-bond acceptors (Lipinski definition) is 5. The molecular weight excluding hydrogens is 410 g/mol. The molecule has 0 aromatic heterocycles. The van der Waals surface area contributed by atoms with E-state index >= 15 is 0 Å². The minimum atomic E-state index is -3.83. The molecule has 4 rings (SSSR count). The predicted molar refractivity (Wildman–Crippen MR) is 125 cm³/mol. The zero-order chi connectivity index (χ0) is 22.0. The Balaban J connectivity index is 1.65. The lowest BCUT2D eigenvalue weighted by Crippen LogP contribution is -2.29. The van der Waals surface area contributed by atoms with Crippen molar-refractivity contribution < 1.29 is 13.2 Å². The quantitative estimate of drug-likeness (QED) is 0.536. The van der Waals surface area contributed by atoms with Crippen LogP contribution in [0.1, 0.15) is 6.42 Å². The van der Waals surface area contributed by atoms with E-state index in [9.17, 15) is 8.42 Å². The van der Waals surface area contributed by atoms with Crippen molar-refractivity contribution >= 4 is 27.1 Å². The van der Waals surface area contributed by atoms with Crippen molar-refractivity contribution in [3.63, 3.8) is 0 Å². The van der Waals surface area contributed by atoms with E-state index < -0.39 is 10.0 Å². The summed E-state index contributed by atoms with van der Waals surface area (Å²) in [6.45, 7) is 1.90. The van der Waals surface area contributed by atoms with E-state index in [-0.39, 0.29) is 4.90 Å². The second-order valence-corrected chi connectivity index (χ2v) is 9.67. The van der Waals surface area contributed by atoms with Gasteiger partial charge in [0.25, 0.3) is 10.0 Å². The molecule has 6 nitrogen and oxygen atoms in total. The number of fused-ring (bicyclic) bond motifs is 2. The van der Waals surface area contributed by atoms with Crippen molar-refractivity contribution in [3.05, 3.63) is 72.8 Å². The summed E-state index contributed by atoms with van der Waals surface area (Å²) < 4.78 is 34.7. The molecule has 7 heteroatoms. The van der Waals surface area contributed by atoms with Crippen molar-refractivity contribution in [3.8, 4) is 11.5 Å². The fraction of sp³-hybridized carbons (Fsp3) is 0.250. The molecule has 0 bridgehead atoms. The Bertz CT molecular complexity index is 1120. The van der Waals surface area contributed by atoms with Crippen molar-refractivity contribution in [2.75, 3.05) is 43.4 Å². The first-order valence-electron chi connectivity index (χ1n) is 10.2. The number of anilines is 3. The van der Waals surface area contributed by atoms with E-state index in [2.05, 4.69) is 23.9 Å². The number of nitrogens with zero attached hydrogens (tertiary/aromatic N) is 3. The summed E-state index contributed by atoms with van der Waals surface area (Å²) in [4.78, 5) is 4.53. The Morgan fingerprint density at radius 1 is 0.774 bits per heavy atom. The number of hydrogen-bond donors (Lipinski definition) is 0. The Kier molecular flexibility index (Phi) is 5.89. The molecule has 1 aliphatic heterocycles. The highest BCUT2D eigenvalue weighted by Gasteiger charge is 2.34. The van der Waals surface area contributed by atoms with Crippen LogP contribution in [0, 0.1) is 0 Å². The molecule has 0 aliphatic carbocycles. The fourth-order valence-corrected chi connectivity index (χ4v) is 5.17. The van der Waals surface area contributed by atoms with Gasteiger partial charge in [-0.25, -0.2) is 12.7 Å². The second-order valence-electron chi connectivity index (χ2n) is 7.88. The van der Waals surface area contributed by atoms with Gasteiger partial charge in [0.1, 0.15) is 11.4 Å². The number of sulfonamides is 1. The Hall–Kier alpha value is -3.03. The highest BCUT2D eigenvalue weighted by atomic mass is 32.2. The first-order chi connectivity index (χ1) is 14.9. The summed E-state index contributed by atoms with van der Waals surface area (Å²) in [5, 5.41) is 0. The number of rotatable bonds is 7. The van der Waals surface area contributed by atoms with E-state index in [4.69, 9.17) is 4.74 Å². The summed E-state index contributed by atoms with van der Waals surface area (Å²) in [6, 6.07) is 21.4. The molecule has 1 heterocycles. The van der Waals surface area contributed by atoms with E-state index in [1.807, 2.05) is 43.4 Å². The maximum absolute atomic E-state index is 13.7. The van der Waals surface area contributed by atoms with Gasteiger partial charge in [-0.05, 0) is 75.6 Å². The van der Waals surface area contributed by atoms with Crippen LogP contribution >= 0.6 is 0 Å². The highest BCUT2D eigenvalue weighted by molar-refractivity contribution is 7.93. The summed E-state index contributed by atoms with van der Waals surface area (Å²) in [7, 11) is 2.30. The third kappa shape index (κ3) is 4.24. The lowest BCUT2D eigenvalue weighted by molar-refractivity contribution is 0.401. The molecule has 31 heavy (non-hydrogen) atoms.